The third kappa shape index (κ3) is 1.67. The molecule has 4 rings (SSSR count). The summed E-state index contributed by atoms with van der Waals surface area (Å²) < 4.78 is 12.2. The van der Waals surface area contributed by atoms with Crippen LogP contribution in [-0.4, -0.2) is 70.1 Å². The summed E-state index contributed by atoms with van der Waals surface area (Å²) in [6, 6.07) is 0. The van der Waals surface area contributed by atoms with E-state index in [-0.39, 0.29) is 37.1 Å². The third-order valence-corrected chi connectivity index (χ3v) is 7.57. The van der Waals surface area contributed by atoms with E-state index in [1.54, 1.807) is 6.92 Å². The molecule has 6 atom stereocenters. The van der Waals surface area contributed by atoms with E-state index < -0.39 is 22.4 Å². The van der Waals surface area contributed by atoms with Gasteiger partial charge in [-0.05, 0) is 19.3 Å². The van der Waals surface area contributed by atoms with Gasteiger partial charge in [0.15, 0.2) is 5.60 Å². The molecule has 2 heterocycles. The molecule has 2 saturated carbocycles. The van der Waals surface area contributed by atoms with Gasteiger partial charge in [-0.2, -0.15) is 11.8 Å². The molecule has 2 aliphatic heterocycles. The number of ether oxygens (including phenoxy) is 2. The second kappa shape index (κ2) is 5.49. The molecule has 4 fully saturated rings. The molecule has 0 aromatic carbocycles. The molecule has 8 heteroatoms. The first-order valence-corrected chi connectivity index (χ1v) is 9.54. The molecule has 0 aromatic heterocycles. The van der Waals surface area contributed by atoms with Gasteiger partial charge >= 0.3 is 0 Å². The molecule has 134 valence electrons. The van der Waals surface area contributed by atoms with Crippen LogP contribution in [0.1, 0.15) is 26.2 Å². The number of Topliss-reactive ketones (excluding diaryl/α,β-unsaturated/α-hetero) is 2. The van der Waals surface area contributed by atoms with Gasteiger partial charge in [0, 0.05) is 17.4 Å². The van der Waals surface area contributed by atoms with Crippen LogP contribution in [0.2, 0.25) is 0 Å². The fourth-order valence-corrected chi connectivity index (χ4v) is 6.31. The van der Waals surface area contributed by atoms with Crippen molar-refractivity contribution in [2.24, 2.45) is 11.3 Å². The Morgan fingerprint density at radius 1 is 1.38 bits per heavy atom. The Morgan fingerprint density at radius 3 is 2.79 bits per heavy atom. The minimum atomic E-state index is -1.18. The number of aliphatic hydroxyl groups excluding tert-OH is 1. The highest BCUT2D eigenvalue weighted by atomic mass is 32.2. The number of thioether (sulfide) groups is 1. The monoisotopic (exact) mass is 358 g/mol. The van der Waals surface area contributed by atoms with Crippen LogP contribution in [0.15, 0.2) is 0 Å². The van der Waals surface area contributed by atoms with Gasteiger partial charge in [0.05, 0.1) is 25.4 Å². The van der Waals surface area contributed by atoms with Crippen molar-refractivity contribution in [3.63, 3.8) is 0 Å². The average molecular weight is 358 g/mol. The summed E-state index contributed by atoms with van der Waals surface area (Å²) >= 11 is 1.41. The molecule has 2 bridgehead atoms. The molecule has 0 radical (unpaired) electrons. The maximum absolute atomic E-state index is 13.0. The molecular formula is C16H22O7S. The summed E-state index contributed by atoms with van der Waals surface area (Å²) in [6.45, 7) is 1.90. The van der Waals surface area contributed by atoms with Crippen molar-refractivity contribution in [1.82, 2.24) is 0 Å². The molecule has 6 unspecified atom stereocenters. The maximum atomic E-state index is 13.0. The zero-order valence-corrected chi connectivity index (χ0v) is 14.3. The van der Waals surface area contributed by atoms with Crippen LogP contribution in [0, 0.1) is 11.3 Å². The molecule has 2 saturated heterocycles. The van der Waals surface area contributed by atoms with Crippen LogP contribution in [0.4, 0.5) is 0 Å². The van der Waals surface area contributed by atoms with E-state index in [0.29, 0.717) is 30.8 Å². The minimum absolute atomic E-state index is 0.00819. The summed E-state index contributed by atoms with van der Waals surface area (Å²) in [4.78, 5) is 30.3. The standard InChI is InChI=1S/C16H22O7S/c1-9-6-11-14(13(19)12(9)18)7-21-16(14)3-2-10(22-11)15(16,23-20)8-24-5-4-17/h9-11,17,20H,2-8H2,1H3. The minimum Gasteiger partial charge on any atom is -0.396 e. The topological polar surface area (TPSA) is 102 Å². The van der Waals surface area contributed by atoms with E-state index in [0.717, 1.165) is 0 Å². The van der Waals surface area contributed by atoms with Crippen molar-refractivity contribution in [1.29, 1.82) is 0 Å². The Labute approximate surface area is 143 Å². The highest BCUT2D eigenvalue weighted by Gasteiger charge is 2.85. The number of rotatable bonds is 5. The van der Waals surface area contributed by atoms with Crippen molar-refractivity contribution in [2.45, 2.75) is 49.6 Å². The van der Waals surface area contributed by atoms with Crippen LogP contribution in [-0.2, 0) is 24.0 Å². The number of aliphatic hydroxyl groups is 1. The van der Waals surface area contributed by atoms with Crippen molar-refractivity contribution in [3.8, 4) is 0 Å². The van der Waals surface area contributed by atoms with Gasteiger partial charge in [-0.25, -0.2) is 4.89 Å². The molecule has 2 spiro atoms. The average Bonchev–Trinajstić information content (AvgIpc) is 2.84. The Hall–Kier alpha value is -0.510. The number of fused-ring (bicyclic) bond motifs is 1. The lowest BCUT2D eigenvalue weighted by atomic mass is 9.50. The van der Waals surface area contributed by atoms with Crippen LogP contribution in [0.25, 0.3) is 0 Å². The van der Waals surface area contributed by atoms with Gasteiger partial charge in [-0.3, -0.25) is 14.8 Å². The van der Waals surface area contributed by atoms with Crippen LogP contribution in [0.5, 0.6) is 0 Å². The largest absolute Gasteiger partial charge is 0.396 e. The highest BCUT2D eigenvalue weighted by molar-refractivity contribution is 7.99. The predicted molar refractivity (Wildman–Crippen MR) is 83.7 cm³/mol. The van der Waals surface area contributed by atoms with Crippen molar-refractivity contribution in [2.75, 3.05) is 24.7 Å². The molecular weight excluding hydrogens is 336 g/mol. The first kappa shape index (κ1) is 16.9. The number of ketones is 2. The molecule has 4 aliphatic rings. The smallest absolute Gasteiger partial charge is 0.212 e. The first-order valence-electron chi connectivity index (χ1n) is 8.38. The lowest BCUT2D eigenvalue weighted by Gasteiger charge is -2.68. The normalized spacial score (nSPS) is 49.5. The molecule has 2 N–H and O–H groups in total. The molecule has 0 aromatic rings. The Kier molecular flexibility index (Phi) is 3.87. The van der Waals surface area contributed by atoms with Crippen molar-refractivity contribution in [3.05, 3.63) is 0 Å². The first-order chi connectivity index (χ1) is 11.5. The number of carbonyl (C=O) groups excluding carboxylic acids is 2. The van der Waals surface area contributed by atoms with Gasteiger partial charge in [0.2, 0.25) is 11.6 Å². The van der Waals surface area contributed by atoms with Crippen LogP contribution >= 0.6 is 11.8 Å². The number of hydrogen-bond donors (Lipinski definition) is 2. The van der Waals surface area contributed by atoms with Gasteiger partial charge in [-0.15, -0.1) is 0 Å². The molecule has 24 heavy (non-hydrogen) atoms. The Balaban J connectivity index is 1.77. The predicted octanol–water partition coefficient (Wildman–Crippen LogP) is 0.435. The van der Waals surface area contributed by atoms with E-state index >= 15 is 0 Å². The lowest BCUT2D eigenvalue weighted by molar-refractivity contribution is -0.451. The van der Waals surface area contributed by atoms with Gasteiger partial charge in [0.1, 0.15) is 11.0 Å². The summed E-state index contributed by atoms with van der Waals surface area (Å²) in [5.74, 6) is -0.352. The zero-order chi connectivity index (χ0) is 17.2. The summed E-state index contributed by atoms with van der Waals surface area (Å²) in [6.07, 6.45) is 0.860. The lowest BCUT2D eigenvalue weighted by Crippen LogP contribution is -2.85. The fourth-order valence-electron chi connectivity index (χ4n) is 5.26. The van der Waals surface area contributed by atoms with Gasteiger partial charge < -0.3 is 14.6 Å². The van der Waals surface area contributed by atoms with E-state index in [4.69, 9.17) is 19.5 Å². The number of hydrogen-bond acceptors (Lipinski definition) is 8. The Morgan fingerprint density at radius 2 is 2.17 bits per heavy atom. The van der Waals surface area contributed by atoms with Crippen LogP contribution < -0.4 is 0 Å². The van der Waals surface area contributed by atoms with E-state index in [1.807, 2.05) is 0 Å². The van der Waals surface area contributed by atoms with Crippen molar-refractivity contribution < 1.29 is 34.3 Å². The maximum Gasteiger partial charge on any atom is 0.212 e. The van der Waals surface area contributed by atoms with Crippen LogP contribution in [0.3, 0.4) is 0 Å². The SMILES string of the molecule is CC1CC2OC3CCC4(OCC24C(=O)C1=O)C3(CSCCO)OO. The van der Waals surface area contributed by atoms with Gasteiger partial charge in [-0.1, -0.05) is 6.92 Å². The Bertz CT molecular complexity index is 583. The summed E-state index contributed by atoms with van der Waals surface area (Å²) in [7, 11) is 0. The van der Waals surface area contributed by atoms with Crippen molar-refractivity contribution >= 4 is 23.3 Å². The van der Waals surface area contributed by atoms with Gasteiger partial charge in [0.25, 0.3) is 0 Å². The summed E-state index contributed by atoms with van der Waals surface area (Å²) in [5, 5.41) is 18.8. The number of carbonyl (C=O) groups is 2. The molecule has 2 aliphatic carbocycles. The van der Waals surface area contributed by atoms with E-state index in [2.05, 4.69) is 0 Å². The quantitative estimate of drug-likeness (QED) is 0.316. The molecule has 7 nitrogen and oxygen atoms in total. The van der Waals surface area contributed by atoms with E-state index in [9.17, 15) is 14.8 Å². The fraction of sp³-hybridized carbons (Fsp3) is 0.875. The summed E-state index contributed by atoms with van der Waals surface area (Å²) in [5.41, 5.74) is -3.25. The van der Waals surface area contributed by atoms with E-state index in [1.165, 1.54) is 11.8 Å². The second-order valence-electron chi connectivity index (χ2n) is 7.33. The highest BCUT2D eigenvalue weighted by Crippen LogP contribution is 2.68. The second-order valence-corrected chi connectivity index (χ2v) is 8.43. The zero-order valence-electron chi connectivity index (χ0n) is 13.5. The molecule has 0 amide bonds. The third-order valence-electron chi connectivity index (χ3n) is 6.47.